The molecule has 0 aromatic carbocycles. The summed E-state index contributed by atoms with van der Waals surface area (Å²) < 4.78 is 14.3. The monoisotopic (exact) mass is 232 g/mol. The number of esters is 3. The second-order valence-corrected chi connectivity index (χ2v) is 3.07. The van der Waals surface area contributed by atoms with E-state index in [0.717, 1.165) is 0 Å². The lowest BCUT2D eigenvalue weighted by atomic mass is 10.4. The van der Waals surface area contributed by atoms with Crippen LogP contribution in [0.1, 0.15) is 27.2 Å². The molecule has 0 bridgehead atoms. The highest BCUT2D eigenvalue weighted by atomic mass is 16.6. The first-order valence-electron chi connectivity index (χ1n) is 4.91. The summed E-state index contributed by atoms with van der Waals surface area (Å²) in [5.41, 5.74) is 0. The summed E-state index contributed by atoms with van der Waals surface area (Å²) in [6, 6.07) is 0. The van der Waals surface area contributed by atoms with E-state index < -0.39 is 24.0 Å². The molecule has 0 aromatic heterocycles. The minimum absolute atomic E-state index is 0.117. The van der Waals surface area contributed by atoms with Crippen LogP contribution in [-0.4, -0.2) is 37.2 Å². The van der Waals surface area contributed by atoms with E-state index in [1.165, 1.54) is 13.8 Å². The van der Waals surface area contributed by atoms with Gasteiger partial charge in [-0.3, -0.25) is 14.4 Å². The molecule has 0 radical (unpaired) electrons. The maximum absolute atomic E-state index is 11.0. The highest BCUT2D eigenvalue weighted by molar-refractivity contribution is 5.69. The topological polar surface area (TPSA) is 78.9 Å². The minimum Gasteiger partial charge on any atom is -0.462 e. The SMILES string of the molecule is CCC(=O)OC(COC(C)=O)COC(C)=O. The first-order valence-corrected chi connectivity index (χ1v) is 4.91. The highest BCUT2D eigenvalue weighted by Gasteiger charge is 2.16. The second-order valence-electron chi connectivity index (χ2n) is 3.07. The molecule has 0 aliphatic rings. The van der Waals surface area contributed by atoms with Gasteiger partial charge in [0.25, 0.3) is 0 Å². The molecular formula is C10H16O6. The van der Waals surface area contributed by atoms with Gasteiger partial charge in [0.15, 0.2) is 6.10 Å². The van der Waals surface area contributed by atoms with Crippen molar-refractivity contribution < 1.29 is 28.6 Å². The molecule has 0 spiro atoms. The molecule has 16 heavy (non-hydrogen) atoms. The van der Waals surface area contributed by atoms with Crippen molar-refractivity contribution in [2.45, 2.75) is 33.3 Å². The minimum atomic E-state index is -0.750. The number of hydrogen-bond donors (Lipinski definition) is 0. The number of ether oxygens (including phenoxy) is 3. The predicted octanol–water partition coefficient (Wildman–Crippen LogP) is 0.434. The third kappa shape index (κ3) is 7.78. The van der Waals surface area contributed by atoms with E-state index in [1.807, 2.05) is 0 Å². The van der Waals surface area contributed by atoms with Crippen LogP contribution in [0, 0.1) is 0 Å². The molecule has 6 nitrogen and oxygen atoms in total. The Labute approximate surface area is 93.8 Å². The van der Waals surface area contributed by atoms with E-state index in [2.05, 4.69) is 9.47 Å². The normalized spacial score (nSPS) is 9.75. The fraction of sp³-hybridized carbons (Fsp3) is 0.700. The quantitative estimate of drug-likeness (QED) is 0.488. The van der Waals surface area contributed by atoms with E-state index in [0.29, 0.717) is 0 Å². The molecule has 0 aliphatic carbocycles. The summed E-state index contributed by atoms with van der Waals surface area (Å²) >= 11 is 0. The number of rotatable bonds is 6. The summed E-state index contributed by atoms with van der Waals surface area (Å²) in [6.07, 6.45) is -0.545. The van der Waals surface area contributed by atoms with Crippen molar-refractivity contribution in [1.29, 1.82) is 0 Å². The fourth-order valence-electron chi connectivity index (χ4n) is 0.806. The van der Waals surface area contributed by atoms with Gasteiger partial charge in [-0.1, -0.05) is 6.92 Å². The molecule has 0 unspecified atom stereocenters. The Morgan fingerprint density at radius 3 is 1.75 bits per heavy atom. The molecule has 0 heterocycles. The molecule has 0 N–H and O–H groups in total. The summed E-state index contributed by atoms with van der Waals surface area (Å²) in [5.74, 6) is -1.41. The predicted molar refractivity (Wildman–Crippen MR) is 53.4 cm³/mol. The Morgan fingerprint density at radius 1 is 1.00 bits per heavy atom. The van der Waals surface area contributed by atoms with Crippen LogP contribution in [0.2, 0.25) is 0 Å². The summed E-state index contributed by atoms with van der Waals surface area (Å²) in [4.78, 5) is 32.2. The van der Waals surface area contributed by atoms with Crippen molar-refractivity contribution >= 4 is 17.9 Å². The zero-order valence-corrected chi connectivity index (χ0v) is 9.65. The Balaban J connectivity index is 4.09. The zero-order valence-electron chi connectivity index (χ0n) is 9.65. The molecule has 0 aliphatic heterocycles. The molecule has 0 saturated carbocycles. The molecule has 6 heteroatoms. The molecule has 0 saturated heterocycles. The van der Waals surface area contributed by atoms with Crippen LogP contribution in [0.3, 0.4) is 0 Å². The van der Waals surface area contributed by atoms with Gasteiger partial charge in [-0.05, 0) is 0 Å². The van der Waals surface area contributed by atoms with Crippen molar-refractivity contribution in [3.8, 4) is 0 Å². The number of hydrogen-bond acceptors (Lipinski definition) is 6. The van der Waals surface area contributed by atoms with Crippen LogP contribution in [0.15, 0.2) is 0 Å². The third-order valence-electron chi connectivity index (χ3n) is 1.53. The van der Waals surface area contributed by atoms with Crippen LogP contribution in [-0.2, 0) is 28.6 Å². The summed E-state index contributed by atoms with van der Waals surface area (Å²) in [7, 11) is 0. The van der Waals surface area contributed by atoms with E-state index in [-0.39, 0.29) is 19.6 Å². The van der Waals surface area contributed by atoms with Crippen LogP contribution in [0.25, 0.3) is 0 Å². The largest absolute Gasteiger partial charge is 0.462 e. The first-order chi connectivity index (χ1) is 7.45. The zero-order chi connectivity index (χ0) is 12.6. The number of carbonyl (C=O) groups is 3. The maximum Gasteiger partial charge on any atom is 0.306 e. The average molecular weight is 232 g/mol. The van der Waals surface area contributed by atoms with E-state index in [9.17, 15) is 14.4 Å². The summed E-state index contributed by atoms with van der Waals surface area (Å²) in [5, 5.41) is 0. The lowest BCUT2D eigenvalue weighted by Gasteiger charge is -2.16. The lowest BCUT2D eigenvalue weighted by molar-refractivity contribution is -0.165. The van der Waals surface area contributed by atoms with Crippen molar-refractivity contribution in [2.24, 2.45) is 0 Å². The van der Waals surface area contributed by atoms with Gasteiger partial charge in [0.05, 0.1) is 0 Å². The standard InChI is InChI=1S/C10H16O6/c1-4-10(13)16-9(5-14-7(2)11)6-15-8(3)12/h9H,4-6H2,1-3H3. The Hall–Kier alpha value is -1.59. The van der Waals surface area contributed by atoms with Crippen LogP contribution in [0.4, 0.5) is 0 Å². The van der Waals surface area contributed by atoms with Crippen LogP contribution >= 0.6 is 0 Å². The Kier molecular flexibility index (Phi) is 6.91. The van der Waals surface area contributed by atoms with Gasteiger partial charge < -0.3 is 14.2 Å². The average Bonchev–Trinajstić information content (AvgIpc) is 2.21. The molecule has 92 valence electrons. The van der Waals surface area contributed by atoms with Gasteiger partial charge in [-0.15, -0.1) is 0 Å². The number of carbonyl (C=O) groups excluding carboxylic acids is 3. The van der Waals surface area contributed by atoms with E-state index in [4.69, 9.17) is 4.74 Å². The van der Waals surface area contributed by atoms with E-state index in [1.54, 1.807) is 6.92 Å². The van der Waals surface area contributed by atoms with Crippen molar-refractivity contribution in [3.63, 3.8) is 0 Å². The van der Waals surface area contributed by atoms with Crippen LogP contribution in [0.5, 0.6) is 0 Å². The summed E-state index contributed by atoms with van der Waals surface area (Å²) in [6.45, 7) is 3.88. The molecule has 0 atom stereocenters. The Bertz CT molecular complexity index is 242. The van der Waals surface area contributed by atoms with Crippen LogP contribution < -0.4 is 0 Å². The van der Waals surface area contributed by atoms with Gasteiger partial charge >= 0.3 is 17.9 Å². The second kappa shape index (κ2) is 7.67. The maximum atomic E-state index is 11.0. The molecule has 0 fully saturated rings. The van der Waals surface area contributed by atoms with Gasteiger partial charge in [-0.2, -0.15) is 0 Å². The first kappa shape index (κ1) is 14.4. The van der Waals surface area contributed by atoms with Gasteiger partial charge in [0.2, 0.25) is 0 Å². The molecule has 0 aromatic rings. The van der Waals surface area contributed by atoms with Gasteiger partial charge in [0.1, 0.15) is 13.2 Å². The molecule has 0 amide bonds. The highest BCUT2D eigenvalue weighted by Crippen LogP contribution is 1.99. The van der Waals surface area contributed by atoms with Crippen molar-refractivity contribution in [2.75, 3.05) is 13.2 Å². The lowest BCUT2D eigenvalue weighted by Crippen LogP contribution is -2.29. The van der Waals surface area contributed by atoms with Crippen molar-refractivity contribution in [3.05, 3.63) is 0 Å². The fourth-order valence-corrected chi connectivity index (χ4v) is 0.806. The molecule has 0 rings (SSSR count). The van der Waals surface area contributed by atoms with Gasteiger partial charge in [0, 0.05) is 20.3 Å². The van der Waals surface area contributed by atoms with Gasteiger partial charge in [-0.25, -0.2) is 0 Å². The Morgan fingerprint density at radius 2 is 1.44 bits per heavy atom. The van der Waals surface area contributed by atoms with E-state index >= 15 is 0 Å². The molecular weight excluding hydrogens is 216 g/mol. The van der Waals surface area contributed by atoms with Crippen molar-refractivity contribution in [1.82, 2.24) is 0 Å². The smallest absolute Gasteiger partial charge is 0.306 e. The third-order valence-corrected chi connectivity index (χ3v) is 1.53.